The van der Waals surface area contributed by atoms with Crippen molar-refractivity contribution in [2.45, 2.75) is 38.5 Å². The highest BCUT2D eigenvalue weighted by atomic mass is 16.5. The molecular weight excluding hydrogens is 344 g/mol. The van der Waals surface area contributed by atoms with Crippen molar-refractivity contribution in [3.05, 3.63) is 59.2 Å². The number of hydrogen-bond acceptors (Lipinski definition) is 5. The van der Waals surface area contributed by atoms with E-state index < -0.39 is 6.04 Å². The summed E-state index contributed by atoms with van der Waals surface area (Å²) in [7, 11) is 0. The van der Waals surface area contributed by atoms with Crippen molar-refractivity contribution < 1.29 is 19.1 Å². The first-order valence-electron chi connectivity index (χ1n) is 8.97. The molecular formula is C21H20N2O4. The Balaban J connectivity index is 1.54. The minimum atomic E-state index is -0.524. The largest absolute Gasteiger partial charge is 0.489 e. The zero-order chi connectivity index (χ0) is 19.0. The maximum Gasteiger partial charge on any atom is 0.255 e. The van der Waals surface area contributed by atoms with Gasteiger partial charge in [-0.25, -0.2) is 0 Å². The van der Waals surface area contributed by atoms with E-state index in [9.17, 15) is 14.4 Å². The van der Waals surface area contributed by atoms with E-state index in [1.807, 2.05) is 30.3 Å². The molecule has 2 aliphatic rings. The van der Waals surface area contributed by atoms with Gasteiger partial charge in [0.05, 0.1) is 19.0 Å². The quantitative estimate of drug-likeness (QED) is 0.665. The molecule has 0 radical (unpaired) electrons. The van der Waals surface area contributed by atoms with Gasteiger partial charge in [-0.05, 0) is 36.2 Å². The second-order valence-corrected chi connectivity index (χ2v) is 6.99. The number of anilines is 1. The smallest absolute Gasteiger partial charge is 0.255 e. The van der Waals surface area contributed by atoms with Crippen molar-refractivity contribution in [2.75, 3.05) is 5.73 Å². The molecule has 0 spiro atoms. The summed E-state index contributed by atoms with van der Waals surface area (Å²) in [6, 6.07) is 12.3. The van der Waals surface area contributed by atoms with Crippen LogP contribution in [0.5, 0.6) is 5.75 Å². The van der Waals surface area contributed by atoms with Crippen LogP contribution in [0.25, 0.3) is 0 Å². The number of ketones is 2. The summed E-state index contributed by atoms with van der Waals surface area (Å²) in [6.45, 7) is 0.665. The van der Waals surface area contributed by atoms with Crippen molar-refractivity contribution in [1.82, 2.24) is 4.90 Å². The molecule has 1 fully saturated rings. The van der Waals surface area contributed by atoms with Gasteiger partial charge in [-0.2, -0.15) is 0 Å². The molecule has 6 nitrogen and oxygen atoms in total. The highest BCUT2D eigenvalue weighted by molar-refractivity contribution is 6.07. The van der Waals surface area contributed by atoms with Crippen LogP contribution in [-0.4, -0.2) is 28.4 Å². The van der Waals surface area contributed by atoms with Crippen LogP contribution in [0.4, 0.5) is 5.69 Å². The molecule has 0 bridgehead atoms. The molecule has 6 heteroatoms. The van der Waals surface area contributed by atoms with Crippen LogP contribution in [0.15, 0.2) is 42.5 Å². The predicted octanol–water partition coefficient (Wildman–Crippen LogP) is 2.49. The fraction of sp³-hybridized carbons (Fsp3) is 0.286. The third-order valence-electron chi connectivity index (χ3n) is 5.11. The Hall–Kier alpha value is -3.15. The van der Waals surface area contributed by atoms with E-state index >= 15 is 0 Å². The van der Waals surface area contributed by atoms with E-state index in [0.29, 0.717) is 43.0 Å². The highest BCUT2D eigenvalue weighted by Crippen LogP contribution is 2.34. The van der Waals surface area contributed by atoms with E-state index in [0.717, 1.165) is 11.1 Å². The molecule has 27 heavy (non-hydrogen) atoms. The van der Waals surface area contributed by atoms with Crippen LogP contribution in [0.3, 0.4) is 0 Å². The van der Waals surface area contributed by atoms with Gasteiger partial charge >= 0.3 is 0 Å². The van der Waals surface area contributed by atoms with Gasteiger partial charge in [-0.3, -0.25) is 14.4 Å². The second-order valence-electron chi connectivity index (χ2n) is 6.99. The number of nitrogens with two attached hydrogens (primary N) is 1. The predicted molar refractivity (Wildman–Crippen MR) is 99.2 cm³/mol. The maximum absolute atomic E-state index is 12.8. The Morgan fingerprint density at radius 2 is 1.93 bits per heavy atom. The normalized spacial score (nSPS) is 19.3. The van der Waals surface area contributed by atoms with Gasteiger partial charge in [0, 0.05) is 23.2 Å². The lowest BCUT2D eigenvalue weighted by atomic mass is 9.92. The molecule has 2 aromatic rings. The zero-order valence-electron chi connectivity index (χ0n) is 14.8. The Kier molecular flexibility index (Phi) is 4.39. The number of carbonyl (C=O) groups is 3. The van der Waals surface area contributed by atoms with Crippen LogP contribution in [0.2, 0.25) is 0 Å². The average molecular weight is 364 g/mol. The Bertz CT molecular complexity index is 938. The number of rotatable bonds is 4. The van der Waals surface area contributed by atoms with Crippen LogP contribution >= 0.6 is 0 Å². The van der Waals surface area contributed by atoms with Crippen molar-refractivity contribution in [3.63, 3.8) is 0 Å². The molecule has 1 heterocycles. The zero-order valence-corrected chi connectivity index (χ0v) is 14.8. The summed E-state index contributed by atoms with van der Waals surface area (Å²) < 4.78 is 5.94. The number of amides is 1. The molecule has 2 aromatic carbocycles. The minimum absolute atomic E-state index is 0.0495. The maximum atomic E-state index is 12.8. The number of ether oxygens (including phenoxy) is 1. The Morgan fingerprint density at radius 1 is 1.11 bits per heavy atom. The van der Waals surface area contributed by atoms with Crippen LogP contribution < -0.4 is 10.5 Å². The van der Waals surface area contributed by atoms with Crippen LogP contribution in [0.1, 0.15) is 40.7 Å². The molecule has 1 atom stereocenters. The lowest BCUT2D eigenvalue weighted by Gasteiger charge is -2.29. The van der Waals surface area contributed by atoms with Gasteiger partial charge in [-0.15, -0.1) is 0 Å². The minimum Gasteiger partial charge on any atom is -0.489 e. The van der Waals surface area contributed by atoms with E-state index in [1.165, 1.54) is 0 Å². The van der Waals surface area contributed by atoms with E-state index in [4.69, 9.17) is 10.5 Å². The number of nitrogens with zero attached hydrogens (tertiary/aromatic N) is 1. The molecule has 0 saturated heterocycles. The second kappa shape index (κ2) is 6.87. The third-order valence-corrected chi connectivity index (χ3v) is 5.11. The summed E-state index contributed by atoms with van der Waals surface area (Å²) in [4.78, 5) is 38.1. The summed E-state index contributed by atoms with van der Waals surface area (Å²) in [5.74, 6) is 0.235. The fourth-order valence-corrected chi connectivity index (χ4v) is 3.75. The lowest BCUT2D eigenvalue weighted by Crippen LogP contribution is -2.44. The first kappa shape index (κ1) is 17.3. The molecule has 138 valence electrons. The van der Waals surface area contributed by atoms with Crippen LogP contribution in [-0.2, 0) is 22.7 Å². The first-order valence-corrected chi connectivity index (χ1v) is 8.97. The van der Waals surface area contributed by atoms with Crippen molar-refractivity contribution in [2.24, 2.45) is 0 Å². The number of Topliss-reactive ketones (excluding diaryl/α,β-unsaturated/α-hetero) is 2. The molecule has 2 N–H and O–H groups in total. The summed E-state index contributed by atoms with van der Waals surface area (Å²) >= 11 is 0. The Morgan fingerprint density at radius 3 is 2.70 bits per heavy atom. The van der Waals surface area contributed by atoms with Crippen molar-refractivity contribution in [3.8, 4) is 5.75 Å². The molecule has 0 aromatic heterocycles. The number of nitrogen functional groups attached to an aromatic ring is 1. The van der Waals surface area contributed by atoms with E-state index in [2.05, 4.69) is 0 Å². The lowest BCUT2D eigenvalue weighted by molar-refractivity contribution is -0.133. The molecule has 1 amide bonds. The van der Waals surface area contributed by atoms with E-state index in [1.54, 1.807) is 17.0 Å². The molecule has 4 rings (SSSR count). The molecule has 1 unspecified atom stereocenters. The number of hydrogen-bond donors (Lipinski definition) is 1. The number of fused-ring (bicyclic) bond motifs is 1. The topological polar surface area (TPSA) is 89.7 Å². The highest BCUT2D eigenvalue weighted by Gasteiger charge is 2.39. The van der Waals surface area contributed by atoms with Crippen LogP contribution in [0, 0.1) is 0 Å². The number of carbonyl (C=O) groups excluding carboxylic acids is 3. The van der Waals surface area contributed by atoms with Gasteiger partial charge in [-0.1, -0.05) is 18.2 Å². The summed E-state index contributed by atoms with van der Waals surface area (Å²) in [5.41, 5.74) is 8.75. The van der Waals surface area contributed by atoms with Gasteiger partial charge in [0.25, 0.3) is 5.91 Å². The number of benzene rings is 2. The third kappa shape index (κ3) is 3.30. The molecule has 1 saturated carbocycles. The molecule has 1 aliphatic heterocycles. The van der Waals surface area contributed by atoms with Crippen molar-refractivity contribution in [1.29, 1.82) is 0 Å². The SMILES string of the molecule is Nc1cccc(COc2cccc3c2CN(C2CCC(=O)CC2=O)C3=O)c1. The molecule has 1 aliphatic carbocycles. The van der Waals surface area contributed by atoms with Gasteiger partial charge in [0.15, 0.2) is 5.78 Å². The Labute approximate surface area is 156 Å². The monoisotopic (exact) mass is 364 g/mol. The average Bonchev–Trinajstić information content (AvgIpc) is 2.97. The fourth-order valence-electron chi connectivity index (χ4n) is 3.75. The van der Waals surface area contributed by atoms with Gasteiger partial charge in [0.2, 0.25) is 0 Å². The summed E-state index contributed by atoms with van der Waals surface area (Å²) in [5, 5.41) is 0. The standard InChI is InChI=1S/C21H20N2O4/c22-14-4-1-3-13(9-14)12-27-20-6-2-5-16-17(20)11-23(21(16)26)18-8-7-15(24)10-19(18)25/h1-6,9,18H,7-8,10-12,22H2. The summed E-state index contributed by atoms with van der Waals surface area (Å²) in [6.07, 6.45) is 0.662. The van der Waals surface area contributed by atoms with Gasteiger partial charge in [0.1, 0.15) is 18.1 Å². The first-order chi connectivity index (χ1) is 13.0. The van der Waals surface area contributed by atoms with Gasteiger partial charge < -0.3 is 15.4 Å². The van der Waals surface area contributed by atoms with Crippen molar-refractivity contribution >= 4 is 23.2 Å². The van der Waals surface area contributed by atoms with E-state index in [-0.39, 0.29) is 23.9 Å².